The minimum atomic E-state index is -0.517. The number of carbonyl (C=O) groups excluding carboxylic acids is 1. The van der Waals surface area contributed by atoms with Gasteiger partial charge >= 0.3 is 0 Å². The minimum Gasteiger partial charge on any atom is -0.389 e. The summed E-state index contributed by atoms with van der Waals surface area (Å²) in [6, 6.07) is 0. The van der Waals surface area contributed by atoms with Gasteiger partial charge in [-0.1, -0.05) is 64.2 Å². The average molecular weight is 382 g/mol. The summed E-state index contributed by atoms with van der Waals surface area (Å²) in [7, 11) is 0. The summed E-state index contributed by atoms with van der Waals surface area (Å²) in [6.45, 7) is 1.50. The molecule has 0 radical (unpaired) electrons. The first-order valence-corrected chi connectivity index (χ1v) is 11.7. The van der Waals surface area contributed by atoms with Crippen LogP contribution < -0.4 is 5.73 Å². The lowest BCUT2D eigenvalue weighted by Gasteiger charge is -2.23. The number of aliphatic hydroxyl groups is 1. The molecule has 0 unspecified atom stereocenters. The first-order chi connectivity index (χ1) is 13.1. The van der Waals surface area contributed by atoms with Gasteiger partial charge in [-0.3, -0.25) is 4.79 Å². The molecule has 4 fully saturated rings. The maximum Gasteiger partial charge on any atom is 0.132 e. The van der Waals surface area contributed by atoms with E-state index in [-0.39, 0.29) is 0 Å². The Hall–Kier alpha value is -0.450. The number of carbonyl (C=O) groups is 1. The van der Waals surface area contributed by atoms with Gasteiger partial charge in [-0.2, -0.15) is 0 Å². The zero-order chi connectivity index (χ0) is 19.4. The Morgan fingerprint density at radius 1 is 0.741 bits per heavy atom. The highest BCUT2D eigenvalue weighted by Crippen LogP contribution is 2.40. The average Bonchev–Trinajstić information content (AvgIpc) is 3.50. The number of rotatable bonds is 1. The van der Waals surface area contributed by atoms with Gasteiger partial charge in [0, 0.05) is 19.4 Å². The van der Waals surface area contributed by atoms with Gasteiger partial charge in [0.1, 0.15) is 5.78 Å². The Morgan fingerprint density at radius 2 is 1.15 bits per heavy atom. The molecule has 4 rings (SSSR count). The van der Waals surface area contributed by atoms with Crippen LogP contribution in [0.5, 0.6) is 0 Å². The third kappa shape index (κ3) is 9.54. The van der Waals surface area contributed by atoms with E-state index in [2.05, 4.69) is 0 Å². The van der Waals surface area contributed by atoms with E-state index in [1.165, 1.54) is 64.2 Å². The molecule has 0 atom stereocenters. The summed E-state index contributed by atoms with van der Waals surface area (Å²) in [4.78, 5) is 10.7. The van der Waals surface area contributed by atoms with E-state index in [9.17, 15) is 9.90 Å². The van der Waals surface area contributed by atoms with Crippen molar-refractivity contribution in [2.24, 2.45) is 5.73 Å². The fourth-order valence-electron chi connectivity index (χ4n) is 4.48. The molecule has 3 N–H and O–H groups in total. The number of nitrogens with two attached hydrogens (primary N) is 1. The molecule has 27 heavy (non-hydrogen) atoms. The molecule has 3 saturated carbocycles. The predicted molar refractivity (Wildman–Crippen MR) is 111 cm³/mol. The van der Waals surface area contributed by atoms with Crippen molar-refractivity contribution < 1.29 is 14.6 Å². The molecule has 3 aliphatic carbocycles. The van der Waals surface area contributed by atoms with E-state index >= 15 is 0 Å². The second kappa shape index (κ2) is 12.2. The maximum atomic E-state index is 10.7. The molecular weight excluding hydrogens is 338 g/mol. The van der Waals surface area contributed by atoms with Crippen LogP contribution in [0.15, 0.2) is 0 Å². The number of hydrogen-bond donors (Lipinski definition) is 2. The molecule has 0 aromatic rings. The van der Waals surface area contributed by atoms with Gasteiger partial charge in [0.15, 0.2) is 0 Å². The number of ketones is 1. The second-order valence-electron chi connectivity index (χ2n) is 9.18. The Morgan fingerprint density at radius 3 is 1.56 bits per heavy atom. The molecule has 4 nitrogen and oxygen atoms in total. The van der Waals surface area contributed by atoms with Gasteiger partial charge in [0.25, 0.3) is 0 Å². The van der Waals surface area contributed by atoms with Crippen LogP contribution in [-0.4, -0.2) is 35.2 Å². The Bertz CT molecular complexity index is 392. The van der Waals surface area contributed by atoms with Crippen molar-refractivity contribution >= 4 is 5.78 Å². The molecule has 0 aromatic heterocycles. The monoisotopic (exact) mass is 381 g/mol. The van der Waals surface area contributed by atoms with E-state index in [0.717, 1.165) is 58.0 Å². The first-order valence-electron chi connectivity index (χ1n) is 11.7. The molecular formula is C23H43NO3. The third-order valence-corrected chi connectivity index (χ3v) is 6.64. The van der Waals surface area contributed by atoms with Gasteiger partial charge in [0.2, 0.25) is 0 Å². The zero-order valence-corrected chi connectivity index (χ0v) is 17.5. The minimum absolute atomic E-state index is 0.413. The Kier molecular flexibility index (Phi) is 10.3. The van der Waals surface area contributed by atoms with Crippen molar-refractivity contribution in [1.29, 1.82) is 0 Å². The standard InChI is InChI=1S/C8H17NO.C8H14O.C7H12O/c9-7-8(10)5-3-1-2-4-6-8;1-2-4-6-8(5-3-1)7-9-8;8-7-5-3-1-2-4-6-7/h10H,1-7,9H2;1-7H2;1-6H2. The molecule has 0 bridgehead atoms. The molecule has 1 saturated heterocycles. The number of Topliss-reactive ketones (excluding diaryl/α,β-unsaturated/α-hetero) is 1. The van der Waals surface area contributed by atoms with Gasteiger partial charge < -0.3 is 15.6 Å². The van der Waals surface area contributed by atoms with Crippen LogP contribution in [0, 0.1) is 0 Å². The zero-order valence-electron chi connectivity index (χ0n) is 17.5. The van der Waals surface area contributed by atoms with Gasteiger partial charge in [0.05, 0.1) is 17.8 Å². The highest BCUT2D eigenvalue weighted by atomic mass is 16.6. The summed E-state index contributed by atoms with van der Waals surface area (Å²) in [5.74, 6) is 0.475. The van der Waals surface area contributed by atoms with E-state index < -0.39 is 5.60 Å². The molecule has 4 heteroatoms. The highest BCUT2D eigenvalue weighted by Gasteiger charge is 2.43. The normalized spacial score (nSPS) is 27.0. The molecule has 4 aliphatic rings. The Balaban J connectivity index is 0.000000146. The van der Waals surface area contributed by atoms with Crippen molar-refractivity contribution in [3.63, 3.8) is 0 Å². The quantitative estimate of drug-likeness (QED) is 0.492. The highest BCUT2D eigenvalue weighted by molar-refractivity contribution is 5.78. The van der Waals surface area contributed by atoms with Crippen molar-refractivity contribution in [2.75, 3.05) is 13.2 Å². The van der Waals surface area contributed by atoms with E-state index in [1.807, 2.05) is 0 Å². The van der Waals surface area contributed by atoms with E-state index in [0.29, 0.717) is 17.9 Å². The summed E-state index contributed by atoms with van der Waals surface area (Å²) < 4.78 is 5.42. The van der Waals surface area contributed by atoms with Crippen LogP contribution in [0.3, 0.4) is 0 Å². The summed E-state index contributed by atoms with van der Waals surface area (Å²) in [5, 5.41) is 9.74. The summed E-state index contributed by atoms with van der Waals surface area (Å²) in [6.07, 6.45) is 21.5. The SMILES string of the molecule is C1CCCC2(CC1)CO2.NCC1(O)CCCCCC1.O=C1CCCCCC1. The molecule has 1 aliphatic heterocycles. The second-order valence-corrected chi connectivity index (χ2v) is 9.18. The van der Waals surface area contributed by atoms with Gasteiger partial charge in [-0.25, -0.2) is 0 Å². The number of hydrogen-bond acceptors (Lipinski definition) is 4. The fourth-order valence-corrected chi connectivity index (χ4v) is 4.48. The van der Waals surface area contributed by atoms with E-state index in [1.54, 1.807) is 0 Å². The molecule has 0 amide bonds. The third-order valence-electron chi connectivity index (χ3n) is 6.64. The predicted octanol–water partition coefficient (Wildman–Crippen LogP) is 5.05. The molecule has 0 aromatic carbocycles. The molecule has 1 spiro atoms. The van der Waals surface area contributed by atoms with Crippen LogP contribution in [0.1, 0.15) is 116 Å². The Labute approximate surface area is 166 Å². The molecule has 1 heterocycles. The first kappa shape index (κ1) is 22.8. The summed E-state index contributed by atoms with van der Waals surface area (Å²) >= 11 is 0. The maximum absolute atomic E-state index is 10.7. The topological polar surface area (TPSA) is 75.8 Å². The number of ether oxygens (including phenoxy) is 1. The largest absolute Gasteiger partial charge is 0.389 e. The fraction of sp³-hybridized carbons (Fsp3) is 0.957. The van der Waals surface area contributed by atoms with Crippen molar-refractivity contribution in [3.05, 3.63) is 0 Å². The van der Waals surface area contributed by atoms with Crippen molar-refractivity contribution in [1.82, 2.24) is 0 Å². The van der Waals surface area contributed by atoms with Crippen molar-refractivity contribution in [3.8, 4) is 0 Å². The van der Waals surface area contributed by atoms with Crippen LogP contribution in [0.4, 0.5) is 0 Å². The number of epoxide rings is 1. The van der Waals surface area contributed by atoms with Crippen LogP contribution in [0.25, 0.3) is 0 Å². The summed E-state index contributed by atoms with van der Waals surface area (Å²) in [5.41, 5.74) is 5.35. The van der Waals surface area contributed by atoms with Gasteiger partial charge in [-0.05, 0) is 38.5 Å². The van der Waals surface area contributed by atoms with E-state index in [4.69, 9.17) is 10.5 Å². The van der Waals surface area contributed by atoms with Gasteiger partial charge in [-0.15, -0.1) is 0 Å². The smallest absolute Gasteiger partial charge is 0.132 e. The lowest BCUT2D eigenvalue weighted by molar-refractivity contribution is -0.118. The van der Waals surface area contributed by atoms with Crippen LogP contribution >= 0.6 is 0 Å². The van der Waals surface area contributed by atoms with Crippen LogP contribution in [-0.2, 0) is 9.53 Å². The molecule has 158 valence electrons. The lowest BCUT2D eigenvalue weighted by Crippen LogP contribution is -2.36. The lowest BCUT2D eigenvalue weighted by atomic mass is 9.95. The van der Waals surface area contributed by atoms with Crippen molar-refractivity contribution in [2.45, 2.75) is 127 Å². The van der Waals surface area contributed by atoms with Crippen LogP contribution in [0.2, 0.25) is 0 Å².